The van der Waals surface area contributed by atoms with E-state index < -0.39 is 23.4 Å². The zero-order chi connectivity index (χ0) is 23.0. The molecule has 3 amide bonds. The normalized spacial score (nSPS) is 15.9. The molecule has 0 unspecified atom stereocenters. The molecule has 0 bridgehead atoms. The van der Waals surface area contributed by atoms with Gasteiger partial charge in [0.1, 0.15) is 11.6 Å². The van der Waals surface area contributed by atoms with Crippen LogP contribution in [0.2, 0.25) is 0 Å². The first-order chi connectivity index (χ1) is 15.3. The van der Waals surface area contributed by atoms with Crippen LogP contribution in [0.1, 0.15) is 36.0 Å². The van der Waals surface area contributed by atoms with E-state index in [2.05, 4.69) is 26.8 Å². The molecular formula is C23H20BrF2N3O3. The molecule has 4 rings (SSSR count). The Bertz CT molecular complexity index is 1160. The maximum atomic E-state index is 14.9. The molecule has 1 fully saturated rings. The molecule has 6 nitrogen and oxygen atoms in total. The number of aryl methyl sites for hydroxylation is 1. The Balaban J connectivity index is 1.67. The lowest BCUT2D eigenvalue weighted by molar-refractivity contribution is -0.128. The van der Waals surface area contributed by atoms with E-state index in [-0.39, 0.29) is 46.1 Å². The van der Waals surface area contributed by atoms with Crippen LogP contribution in [0.15, 0.2) is 42.0 Å². The van der Waals surface area contributed by atoms with Gasteiger partial charge in [0.15, 0.2) is 0 Å². The van der Waals surface area contributed by atoms with Gasteiger partial charge in [-0.25, -0.2) is 8.78 Å². The molecule has 1 aliphatic carbocycles. The summed E-state index contributed by atoms with van der Waals surface area (Å²) < 4.78 is 29.0. The number of halogens is 3. The molecule has 32 heavy (non-hydrogen) atoms. The summed E-state index contributed by atoms with van der Waals surface area (Å²) in [6, 6.07) is 8.89. The van der Waals surface area contributed by atoms with Crippen LogP contribution in [0, 0.1) is 24.5 Å². The first kappa shape index (κ1) is 22.1. The summed E-state index contributed by atoms with van der Waals surface area (Å²) in [4.78, 5) is 39.1. The molecule has 1 heterocycles. The predicted molar refractivity (Wildman–Crippen MR) is 118 cm³/mol. The average molecular weight is 504 g/mol. The number of amides is 3. The van der Waals surface area contributed by atoms with Crippen molar-refractivity contribution in [2.45, 2.75) is 32.7 Å². The van der Waals surface area contributed by atoms with E-state index in [0.29, 0.717) is 11.1 Å². The van der Waals surface area contributed by atoms with E-state index in [4.69, 9.17) is 0 Å². The lowest BCUT2D eigenvalue weighted by Crippen LogP contribution is -2.43. The van der Waals surface area contributed by atoms with Crippen molar-refractivity contribution < 1.29 is 23.2 Å². The minimum atomic E-state index is -0.711. The first-order valence-electron chi connectivity index (χ1n) is 10.1. The number of benzene rings is 2. The Labute approximate surface area is 191 Å². The Hall–Kier alpha value is -3.07. The fourth-order valence-electron chi connectivity index (χ4n) is 3.48. The fourth-order valence-corrected chi connectivity index (χ4v) is 4.19. The summed E-state index contributed by atoms with van der Waals surface area (Å²) in [6.07, 6.45) is 1.19. The van der Waals surface area contributed by atoms with Crippen molar-refractivity contribution in [3.63, 3.8) is 0 Å². The highest BCUT2D eigenvalue weighted by Crippen LogP contribution is 2.40. The number of hydrazine groups is 1. The van der Waals surface area contributed by atoms with E-state index >= 15 is 0 Å². The second kappa shape index (κ2) is 8.82. The molecule has 0 atom stereocenters. The summed E-state index contributed by atoms with van der Waals surface area (Å²) in [5.41, 5.74) is 5.94. The van der Waals surface area contributed by atoms with E-state index in [0.717, 1.165) is 12.8 Å². The van der Waals surface area contributed by atoms with Gasteiger partial charge in [0.25, 0.3) is 5.91 Å². The third-order valence-electron chi connectivity index (χ3n) is 5.49. The van der Waals surface area contributed by atoms with Crippen LogP contribution in [-0.2, 0) is 20.9 Å². The van der Waals surface area contributed by atoms with Crippen molar-refractivity contribution in [3.8, 4) is 0 Å². The number of anilines is 1. The van der Waals surface area contributed by atoms with Gasteiger partial charge in [-0.2, -0.15) is 0 Å². The number of carbonyl (C=O) groups excluding carboxylic acids is 3. The third kappa shape index (κ3) is 4.43. The lowest BCUT2D eigenvalue weighted by atomic mass is 10.1. The van der Waals surface area contributed by atoms with Gasteiger partial charge in [-0.1, -0.05) is 18.2 Å². The van der Waals surface area contributed by atoms with E-state index in [1.165, 1.54) is 23.1 Å². The van der Waals surface area contributed by atoms with Gasteiger partial charge in [-0.15, -0.1) is 0 Å². The van der Waals surface area contributed by atoms with Crippen molar-refractivity contribution in [2.24, 2.45) is 5.92 Å². The monoisotopic (exact) mass is 503 g/mol. The molecule has 0 radical (unpaired) electrons. The molecule has 9 heteroatoms. The van der Waals surface area contributed by atoms with Crippen molar-refractivity contribution in [1.82, 2.24) is 10.9 Å². The van der Waals surface area contributed by atoms with Gasteiger partial charge in [-0.05, 0) is 65.0 Å². The smallest absolute Gasteiger partial charge is 0.267 e. The fraction of sp³-hybridized carbons (Fsp3) is 0.261. The molecule has 0 aromatic heterocycles. The zero-order valence-electron chi connectivity index (χ0n) is 17.2. The summed E-state index contributed by atoms with van der Waals surface area (Å²) in [5, 5.41) is 0. The predicted octanol–water partition coefficient (Wildman–Crippen LogP) is 3.87. The molecule has 2 aromatic carbocycles. The van der Waals surface area contributed by atoms with Crippen LogP contribution in [0.25, 0.3) is 4.48 Å². The van der Waals surface area contributed by atoms with Crippen molar-refractivity contribution in [3.05, 3.63) is 70.3 Å². The largest absolute Gasteiger partial charge is 0.307 e. The highest BCUT2D eigenvalue weighted by atomic mass is 79.9. The van der Waals surface area contributed by atoms with Gasteiger partial charge >= 0.3 is 0 Å². The Kier molecular flexibility index (Phi) is 6.10. The van der Waals surface area contributed by atoms with E-state index in [1.54, 1.807) is 25.1 Å². The quantitative estimate of drug-likeness (QED) is 0.621. The van der Waals surface area contributed by atoms with Crippen LogP contribution in [-0.4, -0.2) is 17.7 Å². The molecule has 2 aromatic rings. The van der Waals surface area contributed by atoms with Crippen molar-refractivity contribution >= 4 is 43.8 Å². The number of hydrogen-bond donors (Lipinski definition) is 2. The standard InChI is InChI=1S/C23H20BrF2N3O3/c1-12-5-6-13(9-17(12)26)11-29-18-4-2-3-16(25)20(18)21(24)15(10-19(29)30)23(32)28-27-22(31)14-7-8-14/h2-6,9,14H,7-8,10-11H2,1H3,(H,27,31)(H,28,32). The molecule has 0 spiro atoms. The Morgan fingerprint density at radius 3 is 2.56 bits per heavy atom. The van der Waals surface area contributed by atoms with Gasteiger partial charge in [0, 0.05) is 21.5 Å². The van der Waals surface area contributed by atoms with Crippen LogP contribution in [0.3, 0.4) is 0 Å². The van der Waals surface area contributed by atoms with Crippen LogP contribution >= 0.6 is 15.9 Å². The zero-order valence-corrected chi connectivity index (χ0v) is 18.8. The molecule has 0 saturated heterocycles. The summed E-state index contributed by atoms with van der Waals surface area (Å²) in [6.45, 7) is 1.63. The molecule has 1 aliphatic heterocycles. The highest BCUT2D eigenvalue weighted by Gasteiger charge is 2.33. The maximum Gasteiger partial charge on any atom is 0.267 e. The number of hydrogen-bond acceptors (Lipinski definition) is 3. The molecule has 166 valence electrons. The van der Waals surface area contributed by atoms with E-state index in [1.807, 2.05) is 0 Å². The van der Waals surface area contributed by atoms with Gasteiger partial charge in [0.05, 0.1) is 18.7 Å². The Morgan fingerprint density at radius 2 is 1.88 bits per heavy atom. The van der Waals surface area contributed by atoms with Gasteiger partial charge in [-0.3, -0.25) is 25.2 Å². The molecule has 2 aliphatic rings. The second-order valence-corrected chi connectivity index (χ2v) is 8.68. The number of fused-ring (bicyclic) bond motifs is 1. The highest BCUT2D eigenvalue weighted by molar-refractivity contribution is 9.15. The van der Waals surface area contributed by atoms with Crippen molar-refractivity contribution in [2.75, 3.05) is 4.90 Å². The molecule has 2 N–H and O–H groups in total. The van der Waals surface area contributed by atoms with E-state index in [9.17, 15) is 23.2 Å². The topological polar surface area (TPSA) is 78.5 Å². The number of nitrogens with one attached hydrogen (secondary N) is 2. The minimum absolute atomic E-state index is 0.0000810. The van der Waals surface area contributed by atoms with Gasteiger partial charge < -0.3 is 4.90 Å². The minimum Gasteiger partial charge on any atom is -0.307 e. The number of nitrogens with zero attached hydrogens (tertiary/aromatic N) is 1. The maximum absolute atomic E-state index is 14.9. The van der Waals surface area contributed by atoms with Crippen molar-refractivity contribution in [1.29, 1.82) is 0 Å². The third-order valence-corrected chi connectivity index (χ3v) is 6.37. The van der Waals surface area contributed by atoms with Crippen LogP contribution in [0.5, 0.6) is 0 Å². The second-order valence-electron chi connectivity index (χ2n) is 7.88. The number of carbonyl (C=O) groups is 3. The summed E-state index contributed by atoms with van der Waals surface area (Å²) in [5.74, 6) is -2.63. The Morgan fingerprint density at radius 1 is 1.12 bits per heavy atom. The SMILES string of the molecule is Cc1ccc(CN2C(=O)CC(C(=O)NNC(=O)C3CC3)=C(Br)c3c(F)cccc32)cc1F. The van der Waals surface area contributed by atoms with Crippen LogP contribution in [0.4, 0.5) is 14.5 Å². The lowest BCUT2D eigenvalue weighted by Gasteiger charge is -2.24. The van der Waals surface area contributed by atoms with Gasteiger partial charge in [0.2, 0.25) is 11.8 Å². The summed E-state index contributed by atoms with van der Waals surface area (Å²) in [7, 11) is 0. The first-order valence-corrected chi connectivity index (χ1v) is 10.9. The molecular weight excluding hydrogens is 484 g/mol. The molecule has 1 saturated carbocycles. The number of rotatable bonds is 4. The van der Waals surface area contributed by atoms with Crippen LogP contribution < -0.4 is 15.8 Å². The summed E-state index contributed by atoms with van der Waals surface area (Å²) >= 11 is 3.29. The average Bonchev–Trinajstić information content (AvgIpc) is 3.61.